The highest BCUT2D eigenvalue weighted by atomic mass is 32.1. The summed E-state index contributed by atoms with van der Waals surface area (Å²) in [5.74, 6) is 2.25. The molecule has 20 heavy (non-hydrogen) atoms. The van der Waals surface area contributed by atoms with Gasteiger partial charge >= 0.3 is 0 Å². The fraction of sp³-hybridized carbons (Fsp3) is 0.462. The summed E-state index contributed by atoms with van der Waals surface area (Å²) in [6.45, 7) is 5.95. The summed E-state index contributed by atoms with van der Waals surface area (Å²) in [6, 6.07) is 1.90. The second-order valence-corrected chi connectivity index (χ2v) is 5.54. The van der Waals surface area contributed by atoms with Crippen LogP contribution in [0.2, 0.25) is 0 Å². The standard InChI is InChI=1S/C13H19N5OS/c1-4-14-11-5-12(18-13(17-11)8-19-3)16-7-10-6-15-9(2)20-10/h5-6H,4,7-8H2,1-3H3,(H2,14,16,17,18). The molecule has 0 bridgehead atoms. The predicted molar refractivity (Wildman–Crippen MR) is 81.1 cm³/mol. The zero-order valence-corrected chi connectivity index (χ0v) is 12.8. The minimum atomic E-state index is 0.396. The SMILES string of the molecule is CCNc1cc(NCc2cnc(C)s2)nc(COC)n1. The average molecular weight is 293 g/mol. The molecule has 0 spiro atoms. The quantitative estimate of drug-likeness (QED) is 0.817. The third-order valence-electron chi connectivity index (χ3n) is 2.52. The molecular weight excluding hydrogens is 274 g/mol. The highest BCUT2D eigenvalue weighted by Gasteiger charge is 2.05. The molecule has 0 amide bonds. The fourth-order valence-corrected chi connectivity index (χ4v) is 2.45. The summed E-state index contributed by atoms with van der Waals surface area (Å²) in [7, 11) is 1.64. The topological polar surface area (TPSA) is 72.0 Å². The number of thiazole rings is 1. The number of nitrogens with zero attached hydrogens (tertiary/aromatic N) is 3. The third kappa shape index (κ3) is 4.14. The molecule has 2 aromatic heterocycles. The number of aromatic nitrogens is 3. The molecule has 0 aromatic carbocycles. The lowest BCUT2D eigenvalue weighted by molar-refractivity contribution is 0.178. The van der Waals surface area contributed by atoms with Crippen molar-refractivity contribution in [2.45, 2.75) is 27.0 Å². The first-order chi connectivity index (χ1) is 9.71. The zero-order valence-electron chi connectivity index (χ0n) is 11.9. The van der Waals surface area contributed by atoms with E-state index < -0.39 is 0 Å². The molecule has 2 aromatic rings. The van der Waals surface area contributed by atoms with Crippen LogP contribution in [0.5, 0.6) is 0 Å². The van der Waals surface area contributed by atoms with Crippen LogP contribution in [0.4, 0.5) is 11.6 Å². The monoisotopic (exact) mass is 293 g/mol. The predicted octanol–water partition coefficient (Wildman–Crippen LogP) is 2.43. The van der Waals surface area contributed by atoms with E-state index in [0.29, 0.717) is 19.0 Å². The molecule has 0 saturated heterocycles. The summed E-state index contributed by atoms with van der Waals surface area (Å²) in [5, 5.41) is 7.56. The van der Waals surface area contributed by atoms with Crippen molar-refractivity contribution in [3.8, 4) is 0 Å². The van der Waals surface area contributed by atoms with Crippen LogP contribution in [0.15, 0.2) is 12.3 Å². The maximum atomic E-state index is 5.09. The number of hydrogen-bond acceptors (Lipinski definition) is 7. The lowest BCUT2D eigenvalue weighted by Crippen LogP contribution is -2.08. The molecule has 2 rings (SSSR count). The third-order valence-corrected chi connectivity index (χ3v) is 3.43. The molecule has 7 heteroatoms. The molecule has 0 aliphatic heterocycles. The Morgan fingerprint density at radius 3 is 2.60 bits per heavy atom. The Kier molecular flexibility index (Phi) is 5.25. The molecular formula is C13H19N5OS. The number of ether oxygens (including phenoxy) is 1. The number of anilines is 2. The van der Waals surface area contributed by atoms with Crippen molar-refractivity contribution in [3.63, 3.8) is 0 Å². The molecule has 0 aliphatic carbocycles. The summed E-state index contributed by atoms with van der Waals surface area (Å²) < 4.78 is 5.09. The lowest BCUT2D eigenvalue weighted by atomic mass is 10.4. The largest absolute Gasteiger partial charge is 0.377 e. The first kappa shape index (κ1) is 14.7. The lowest BCUT2D eigenvalue weighted by Gasteiger charge is -2.09. The van der Waals surface area contributed by atoms with E-state index in [1.807, 2.05) is 26.1 Å². The zero-order chi connectivity index (χ0) is 14.4. The maximum Gasteiger partial charge on any atom is 0.158 e. The van der Waals surface area contributed by atoms with Gasteiger partial charge in [0.1, 0.15) is 18.2 Å². The molecule has 0 atom stereocenters. The van der Waals surface area contributed by atoms with E-state index in [4.69, 9.17) is 4.74 Å². The number of methoxy groups -OCH3 is 1. The molecule has 0 unspecified atom stereocenters. The molecule has 0 aliphatic rings. The van der Waals surface area contributed by atoms with Gasteiger partial charge in [0.15, 0.2) is 5.82 Å². The number of aryl methyl sites for hydroxylation is 1. The Morgan fingerprint density at radius 2 is 2.00 bits per heavy atom. The van der Waals surface area contributed by atoms with Crippen molar-refractivity contribution in [3.05, 3.63) is 28.0 Å². The first-order valence-electron chi connectivity index (χ1n) is 6.47. The minimum absolute atomic E-state index is 0.396. The van der Waals surface area contributed by atoms with Gasteiger partial charge in [-0.15, -0.1) is 11.3 Å². The van der Waals surface area contributed by atoms with Gasteiger partial charge in [0.05, 0.1) is 11.6 Å². The first-order valence-corrected chi connectivity index (χ1v) is 7.29. The van der Waals surface area contributed by atoms with Gasteiger partial charge < -0.3 is 15.4 Å². The van der Waals surface area contributed by atoms with Crippen LogP contribution in [-0.2, 0) is 17.9 Å². The summed E-state index contributed by atoms with van der Waals surface area (Å²) in [5.41, 5.74) is 0. The van der Waals surface area contributed by atoms with Crippen LogP contribution in [0.3, 0.4) is 0 Å². The van der Waals surface area contributed by atoms with E-state index in [9.17, 15) is 0 Å². The number of hydrogen-bond donors (Lipinski definition) is 2. The highest BCUT2D eigenvalue weighted by Crippen LogP contribution is 2.16. The molecule has 2 heterocycles. The van der Waals surface area contributed by atoms with Gasteiger partial charge in [0, 0.05) is 30.8 Å². The normalized spacial score (nSPS) is 10.6. The summed E-state index contributed by atoms with van der Waals surface area (Å²) in [4.78, 5) is 14.2. The summed E-state index contributed by atoms with van der Waals surface area (Å²) >= 11 is 1.68. The maximum absolute atomic E-state index is 5.09. The van der Waals surface area contributed by atoms with Gasteiger partial charge in [-0.2, -0.15) is 0 Å². The van der Waals surface area contributed by atoms with Gasteiger partial charge in [0.2, 0.25) is 0 Å². The van der Waals surface area contributed by atoms with Gasteiger partial charge in [-0.3, -0.25) is 0 Å². The number of nitrogens with one attached hydrogen (secondary N) is 2. The van der Waals surface area contributed by atoms with Gasteiger partial charge in [-0.25, -0.2) is 15.0 Å². The highest BCUT2D eigenvalue weighted by molar-refractivity contribution is 7.11. The van der Waals surface area contributed by atoms with E-state index in [2.05, 4.69) is 25.6 Å². The second-order valence-electron chi connectivity index (χ2n) is 4.22. The Morgan fingerprint density at radius 1 is 1.25 bits per heavy atom. The Labute approximate surface area is 122 Å². The number of rotatable bonds is 7. The van der Waals surface area contributed by atoms with Crippen molar-refractivity contribution in [1.82, 2.24) is 15.0 Å². The van der Waals surface area contributed by atoms with E-state index in [1.165, 1.54) is 4.88 Å². The molecule has 0 saturated carbocycles. The van der Waals surface area contributed by atoms with E-state index in [-0.39, 0.29) is 0 Å². The van der Waals surface area contributed by atoms with Crippen LogP contribution in [0.25, 0.3) is 0 Å². The minimum Gasteiger partial charge on any atom is -0.377 e. The van der Waals surface area contributed by atoms with Crippen molar-refractivity contribution < 1.29 is 4.74 Å². The van der Waals surface area contributed by atoms with E-state index >= 15 is 0 Å². The fourth-order valence-electron chi connectivity index (χ4n) is 1.72. The van der Waals surface area contributed by atoms with Crippen LogP contribution in [0.1, 0.15) is 22.6 Å². The Bertz CT molecular complexity index is 533. The van der Waals surface area contributed by atoms with Crippen LogP contribution >= 0.6 is 11.3 Å². The second kappa shape index (κ2) is 7.16. The van der Waals surface area contributed by atoms with E-state index in [0.717, 1.165) is 23.2 Å². The molecule has 6 nitrogen and oxygen atoms in total. The van der Waals surface area contributed by atoms with Gasteiger partial charge in [-0.05, 0) is 13.8 Å². The average Bonchev–Trinajstić information content (AvgIpc) is 2.83. The molecule has 2 N–H and O–H groups in total. The Hall–Kier alpha value is -1.73. The van der Waals surface area contributed by atoms with Crippen molar-refractivity contribution >= 4 is 23.0 Å². The van der Waals surface area contributed by atoms with Crippen molar-refractivity contribution in [2.75, 3.05) is 24.3 Å². The van der Waals surface area contributed by atoms with Crippen molar-refractivity contribution in [1.29, 1.82) is 0 Å². The van der Waals surface area contributed by atoms with Crippen LogP contribution in [-0.4, -0.2) is 28.6 Å². The summed E-state index contributed by atoms with van der Waals surface area (Å²) in [6.07, 6.45) is 1.88. The molecule has 0 radical (unpaired) electrons. The van der Waals surface area contributed by atoms with Gasteiger partial charge in [-0.1, -0.05) is 0 Å². The van der Waals surface area contributed by atoms with Crippen molar-refractivity contribution in [2.24, 2.45) is 0 Å². The van der Waals surface area contributed by atoms with Crippen LogP contribution in [0, 0.1) is 6.92 Å². The Balaban J connectivity index is 2.08. The van der Waals surface area contributed by atoms with E-state index in [1.54, 1.807) is 18.4 Å². The molecule has 108 valence electrons. The van der Waals surface area contributed by atoms with Gasteiger partial charge in [0.25, 0.3) is 0 Å². The van der Waals surface area contributed by atoms with Crippen LogP contribution < -0.4 is 10.6 Å². The smallest absolute Gasteiger partial charge is 0.158 e. The molecule has 0 fully saturated rings.